The fraction of sp³-hybridized carbons (Fsp3) is 0.556. The molecule has 142 valence electrons. The van der Waals surface area contributed by atoms with E-state index in [1.807, 2.05) is 0 Å². The third kappa shape index (κ3) is 4.68. The Morgan fingerprint density at radius 1 is 1.15 bits per heavy atom. The number of nitrogens with zero attached hydrogens (tertiary/aromatic N) is 1. The molecule has 1 saturated heterocycles. The van der Waals surface area contributed by atoms with Crippen LogP contribution in [0.2, 0.25) is 0 Å². The van der Waals surface area contributed by atoms with Crippen molar-refractivity contribution < 1.29 is 32.6 Å². The number of aryl methyl sites for hydroxylation is 1. The van der Waals surface area contributed by atoms with Crippen LogP contribution in [0.4, 0.5) is 13.2 Å². The fourth-order valence-corrected chi connectivity index (χ4v) is 3.56. The topological polar surface area (TPSA) is 66.8 Å². The van der Waals surface area contributed by atoms with E-state index in [0.29, 0.717) is 18.9 Å². The van der Waals surface area contributed by atoms with Gasteiger partial charge in [-0.25, -0.2) is 0 Å². The van der Waals surface area contributed by atoms with E-state index in [1.165, 1.54) is 24.3 Å². The van der Waals surface area contributed by atoms with E-state index in [4.69, 9.17) is 0 Å². The van der Waals surface area contributed by atoms with E-state index in [9.17, 15) is 27.9 Å². The number of aliphatic carboxylic acids is 1. The second-order valence-electron chi connectivity index (χ2n) is 6.94. The van der Waals surface area contributed by atoms with Gasteiger partial charge in [0, 0.05) is 19.5 Å². The van der Waals surface area contributed by atoms with Gasteiger partial charge in [-0.05, 0) is 48.8 Å². The highest BCUT2D eigenvalue weighted by atomic mass is 19.4. The van der Waals surface area contributed by atoms with Crippen molar-refractivity contribution in [1.82, 2.24) is 4.90 Å². The average molecular weight is 371 g/mol. The molecular formula is C18H20F3NO4. The smallest absolute Gasteiger partial charge is 0.481 e. The van der Waals surface area contributed by atoms with Crippen molar-refractivity contribution in [1.29, 1.82) is 0 Å². The van der Waals surface area contributed by atoms with Gasteiger partial charge in [-0.15, -0.1) is 13.2 Å². The van der Waals surface area contributed by atoms with Crippen LogP contribution in [0.1, 0.15) is 24.8 Å². The molecule has 0 bridgehead atoms. The first-order chi connectivity index (χ1) is 12.2. The summed E-state index contributed by atoms with van der Waals surface area (Å²) in [6, 6.07) is 5.41. The lowest BCUT2D eigenvalue weighted by Gasteiger charge is -2.16. The summed E-state index contributed by atoms with van der Waals surface area (Å²) in [5, 5.41) is 9.34. The summed E-state index contributed by atoms with van der Waals surface area (Å²) in [6.07, 6.45) is -2.09. The zero-order chi connectivity index (χ0) is 18.9. The number of rotatable bonds is 6. The molecule has 0 spiro atoms. The molecule has 0 unspecified atom stereocenters. The minimum atomic E-state index is -4.73. The van der Waals surface area contributed by atoms with Crippen molar-refractivity contribution in [2.45, 2.75) is 32.0 Å². The average Bonchev–Trinajstić information content (AvgIpc) is 3.30. The molecule has 1 aliphatic heterocycles. The monoisotopic (exact) mass is 371 g/mol. The zero-order valence-electron chi connectivity index (χ0n) is 14.0. The molecule has 2 atom stereocenters. The maximum Gasteiger partial charge on any atom is 0.573 e. The first-order valence-corrected chi connectivity index (χ1v) is 8.58. The number of carbonyl (C=O) groups excluding carboxylic acids is 1. The fourth-order valence-electron chi connectivity index (χ4n) is 3.56. The third-order valence-electron chi connectivity index (χ3n) is 5.05. The third-order valence-corrected chi connectivity index (χ3v) is 5.05. The van der Waals surface area contributed by atoms with Crippen LogP contribution in [0.15, 0.2) is 24.3 Å². The Labute approximate surface area is 148 Å². The Balaban J connectivity index is 1.51. The molecule has 1 amide bonds. The van der Waals surface area contributed by atoms with Crippen molar-refractivity contribution in [2.75, 3.05) is 13.1 Å². The number of carboxylic acid groups (broad SMARTS) is 1. The van der Waals surface area contributed by atoms with Gasteiger partial charge in [0.2, 0.25) is 5.91 Å². The van der Waals surface area contributed by atoms with Crippen LogP contribution in [0.5, 0.6) is 5.75 Å². The number of hydrogen-bond donors (Lipinski definition) is 1. The molecule has 8 heteroatoms. The Hall–Kier alpha value is -2.25. The van der Waals surface area contributed by atoms with Crippen molar-refractivity contribution in [3.63, 3.8) is 0 Å². The molecule has 1 aliphatic carbocycles. The SMILES string of the molecule is O=C(O)[C@H]1CN(C(=O)CCc2ccc(OC(F)(F)F)cc2)C[C@@H]1C1CC1. The largest absolute Gasteiger partial charge is 0.573 e. The Bertz CT molecular complexity index is 670. The van der Waals surface area contributed by atoms with Gasteiger partial charge in [0.25, 0.3) is 0 Å². The van der Waals surface area contributed by atoms with E-state index >= 15 is 0 Å². The summed E-state index contributed by atoms with van der Waals surface area (Å²) in [4.78, 5) is 25.4. The van der Waals surface area contributed by atoms with Crippen LogP contribution < -0.4 is 4.74 Å². The maximum absolute atomic E-state index is 12.4. The number of amides is 1. The quantitative estimate of drug-likeness (QED) is 0.835. The highest BCUT2D eigenvalue weighted by molar-refractivity contribution is 5.79. The lowest BCUT2D eigenvalue weighted by atomic mass is 9.92. The molecule has 2 fully saturated rings. The summed E-state index contributed by atoms with van der Waals surface area (Å²) in [5.41, 5.74) is 0.723. The molecule has 0 radical (unpaired) electrons. The number of benzene rings is 1. The van der Waals surface area contributed by atoms with E-state index in [0.717, 1.165) is 18.4 Å². The summed E-state index contributed by atoms with van der Waals surface area (Å²) >= 11 is 0. The second-order valence-corrected chi connectivity index (χ2v) is 6.94. The van der Waals surface area contributed by atoms with Gasteiger partial charge >= 0.3 is 12.3 Å². The van der Waals surface area contributed by atoms with Crippen molar-refractivity contribution in [3.05, 3.63) is 29.8 Å². The van der Waals surface area contributed by atoms with Crippen molar-refractivity contribution in [2.24, 2.45) is 17.8 Å². The van der Waals surface area contributed by atoms with Gasteiger partial charge in [0.1, 0.15) is 5.75 Å². The van der Waals surface area contributed by atoms with Crippen LogP contribution in [0.25, 0.3) is 0 Å². The normalized spacial score (nSPS) is 23.1. The van der Waals surface area contributed by atoms with Crippen molar-refractivity contribution >= 4 is 11.9 Å². The maximum atomic E-state index is 12.4. The molecule has 1 saturated carbocycles. The second kappa shape index (κ2) is 7.17. The van der Waals surface area contributed by atoms with E-state index in [-0.39, 0.29) is 30.5 Å². The number of likely N-dealkylation sites (tertiary alicyclic amines) is 1. The van der Waals surface area contributed by atoms with E-state index in [2.05, 4.69) is 4.74 Å². The lowest BCUT2D eigenvalue weighted by Crippen LogP contribution is -2.30. The molecule has 1 heterocycles. The van der Waals surface area contributed by atoms with Crippen LogP contribution in [0, 0.1) is 17.8 Å². The van der Waals surface area contributed by atoms with E-state index < -0.39 is 18.2 Å². The standard InChI is InChI=1S/C18H20F3NO4/c19-18(20,21)26-13-6-1-11(2-7-13)3-8-16(23)22-9-14(12-4-5-12)15(10-22)17(24)25/h1-2,6-7,12,14-15H,3-5,8-10H2,(H,24,25)/t14-,15+/m1/s1. The Kier molecular flexibility index (Phi) is 5.11. The molecule has 0 aromatic heterocycles. The number of hydrogen-bond acceptors (Lipinski definition) is 3. The predicted octanol–water partition coefficient (Wildman–Crippen LogP) is 3.09. The number of ether oxygens (including phenoxy) is 1. The molecule has 3 rings (SSSR count). The van der Waals surface area contributed by atoms with Crippen molar-refractivity contribution in [3.8, 4) is 5.75 Å². The summed E-state index contributed by atoms with van der Waals surface area (Å²) in [6.45, 7) is 0.729. The first-order valence-electron chi connectivity index (χ1n) is 8.58. The lowest BCUT2D eigenvalue weighted by molar-refractivity contribution is -0.274. The molecule has 5 nitrogen and oxygen atoms in total. The van der Waals surface area contributed by atoms with E-state index in [1.54, 1.807) is 4.90 Å². The molecular weight excluding hydrogens is 351 g/mol. The molecule has 26 heavy (non-hydrogen) atoms. The van der Waals surface area contributed by atoms with Gasteiger partial charge in [-0.3, -0.25) is 9.59 Å². The highest BCUT2D eigenvalue weighted by Crippen LogP contribution is 2.44. The Morgan fingerprint density at radius 3 is 2.35 bits per heavy atom. The first kappa shape index (κ1) is 18.5. The summed E-state index contributed by atoms with van der Waals surface area (Å²) < 4.78 is 40.2. The summed E-state index contributed by atoms with van der Waals surface area (Å²) in [7, 11) is 0. The van der Waals surface area contributed by atoms with Crippen LogP contribution in [-0.2, 0) is 16.0 Å². The number of carbonyl (C=O) groups is 2. The molecule has 1 aromatic carbocycles. The van der Waals surface area contributed by atoms with Gasteiger partial charge in [0.15, 0.2) is 0 Å². The minimum Gasteiger partial charge on any atom is -0.481 e. The zero-order valence-corrected chi connectivity index (χ0v) is 14.0. The van der Waals surface area contributed by atoms with Gasteiger partial charge < -0.3 is 14.7 Å². The number of carboxylic acids is 1. The molecule has 1 aromatic rings. The van der Waals surface area contributed by atoms with Crippen LogP contribution in [0.3, 0.4) is 0 Å². The summed E-state index contributed by atoms with van der Waals surface area (Å²) in [5.74, 6) is -1.31. The number of halogens is 3. The van der Waals surface area contributed by atoms with Gasteiger partial charge in [-0.1, -0.05) is 12.1 Å². The van der Waals surface area contributed by atoms with Crippen LogP contribution in [-0.4, -0.2) is 41.3 Å². The minimum absolute atomic E-state index is 0.0373. The molecule has 2 aliphatic rings. The van der Waals surface area contributed by atoms with Gasteiger partial charge in [-0.2, -0.15) is 0 Å². The Morgan fingerprint density at radius 2 is 1.81 bits per heavy atom. The number of alkyl halides is 3. The molecule has 1 N–H and O–H groups in total. The van der Waals surface area contributed by atoms with Crippen LogP contribution >= 0.6 is 0 Å². The van der Waals surface area contributed by atoms with Gasteiger partial charge in [0.05, 0.1) is 5.92 Å². The predicted molar refractivity (Wildman–Crippen MR) is 85.4 cm³/mol. The highest BCUT2D eigenvalue weighted by Gasteiger charge is 2.46.